The number of aryl methyl sites for hydroxylation is 1. The van der Waals surface area contributed by atoms with Gasteiger partial charge in [-0.05, 0) is 36.6 Å². The number of ether oxygens (including phenoxy) is 2. The summed E-state index contributed by atoms with van der Waals surface area (Å²) in [4.78, 5) is 17.1. The SMILES string of the molecule is COc1ccc(C(=O)N2C[C@@H](CN3CCOCC3)[C@@H](CO)C2)cc1C. The maximum Gasteiger partial charge on any atom is 0.253 e. The number of hydrogen-bond acceptors (Lipinski definition) is 5. The number of morpholine rings is 1. The molecular formula is C19H28N2O4. The van der Waals surface area contributed by atoms with E-state index in [-0.39, 0.29) is 18.4 Å². The molecule has 0 saturated carbocycles. The van der Waals surface area contributed by atoms with Crippen molar-refractivity contribution in [3.05, 3.63) is 29.3 Å². The van der Waals surface area contributed by atoms with Crippen molar-refractivity contribution < 1.29 is 19.4 Å². The molecule has 138 valence electrons. The molecule has 1 amide bonds. The van der Waals surface area contributed by atoms with Crippen molar-refractivity contribution in [2.45, 2.75) is 6.92 Å². The van der Waals surface area contributed by atoms with Crippen LogP contribution in [0.1, 0.15) is 15.9 Å². The molecule has 6 heteroatoms. The van der Waals surface area contributed by atoms with Crippen LogP contribution in [0.15, 0.2) is 18.2 Å². The molecule has 6 nitrogen and oxygen atoms in total. The van der Waals surface area contributed by atoms with Gasteiger partial charge in [0, 0.05) is 50.8 Å². The molecule has 0 aliphatic carbocycles. The first kappa shape index (κ1) is 18.2. The van der Waals surface area contributed by atoms with E-state index in [1.807, 2.05) is 30.0 Å². The molecule has 1 aromatic rings. The summed E-state index contributed by atoms with van der Waals surface area (Å²) < 4.78 is 10.7. The number of aliphatic hydroxyl groups excluding tert-OH is 1. The summed E-state index contributed by atoms with van der Waals surface area (Å²) in [6.07, 6.45) is 0. The summed E-state index contributed by atoms with van der Waals surface area (Å²) >= 11 is 0. The molecule has 0 unspecified atom stereocenters. The van der Waals surface area contributed by atoms with Crippen LogP contribution < -0.4 is 4.74 Å². The Bertz CT molecular complexity index is 601. The van der Waals surface area contributed by atoms with E-state index in [1.54, 1.807) is 7.11 Å². The van der Waals surface area contributed by atoms with Crippen LogP contribution in [-0.2, 0) is 4.74 Å². The summed E-state index contributed by atoms with van der Waals surface area (Å²) in [6, 6.07) is 5.54. The highest BCUT2D eigenvalue weighted by Gasteiger charge is 2.36. The van der Waals surface area contributed by atoms with E-state index in [0.717, 1.165) is 44.2 Å². The Labute approximate surface area is 149 Å². The Balaban J connectivity index is 1.66. The van der Waals surface area contributed by atoms with Gasteiger partial charge in [0.15, 0.2) is 0 Å². The lowest BCUT2D eigenvalue weighted by Gasteiger charge is -2.30. The van der Waals surface area contributed by atoms with Crippen molar-refractivity contribution in [3.63, 3.8) is 0 Å². The Morgan fingerprint density at radius 3 is 2.64 bits per heavy atom. The van der Waals surface area contributed by atoms with Crippen LogP contribution in [0.25, 0.3) is 0 Å². The first-order valence-corrected chi connectivity index (χ1v) is 8.97. The highest BCUT2D eigenvalue weighted by Crippen LogP contribution is 2.27. The quantitative estimate of drug-likeness (QED) is 0.861. The third kappa shape index (κ3) is 4.14. The first-order chi connectivity index (χ1) is 12.1. The monoisotopic (exact) mass is 348 g/mol. The number of benzene rings is 1. The van der Waals surface area contributed by atoms with Crippen molar-refractivity contribution in [3.8, 4) is 5.75 Å². The topological polar surface area (TPSA) is 62.2 Å². The van der Waals surface area contributed by atoms with Crippen LogP contribution in [0.4, 0.5) is 0 Å². The fourth-order valence-corrected chi connectivity index (χ4v) is 3.83. The molecule has 25 heavy (non-hydrogen) atoms. The Hall–Kier alpha value is -1.63. The maximum atomic E-state index is 12.9. The number of nitrogens with zero attached hydrogens (tertiary/aromatic N) is 2. The number of methoxy groups -OCH3 is 1. The van der Waals surface area contributed by atoms with Gasteiger partial charge >= 0.3 is 0 Å². The number of aliphatic hydroxyl groups is 1. The van der Waals surface area contributed by atoms with Crippen LogP contribution in [0.3, 0.4) is 0 Å². The smallest absolute Gasteiger partial charge is 0.253 e. The van der Waals surface area contributed by atoms with Gasteiger partial charge in [0.2, 0.25) is 0 Å². The molecule has 1 aromatic carbocycles. The molecule has 0 bridgehead atoms. The van der Waals surface area contributed by atoms with E-state index in [9.17, 15) is 9.90 Å². The van der Waals surface area contributed by atoms with Crippen LogP contribution in [0.5, 0.6) is 5.75 Å². The molecule has 0 radical (unpaired) electrons. The zero-order valence-corrected chi connectivity index (χ0v) is 15.1. The number of hydrogen-bond donors (Lipinski definition) is 1. The summed E-state index contributed by atoms with van der Waals surface area (Å²) in [7, 11) is 1.63. The minimum atomic E-state index is 0.0358. The average Bonchev–Trinajstić information content (AvgIpc) is 3.04. The van der Waals surface area contributed by atoms with Crippen LogP contribution >= 0.6 is 0 Å². The number of amides is 1. The second-order valence-corrected chi connectivity index (χ2v) is 7.01. The van der Waals surface area contributed by atoms with Crippen molar-refractivity contribution in [2.24, 2.45) is 11.8 Å². The highest BCUT2D eigenvalue weighted by molar-refractivity contribution is 5.94. The molecule has 2 heterocycles. The number of likely N-dealkylation sites (tertiary alicyclic amines) is 1. The van der Waals surface area contributed by atoms with E-state index in [2.05, 4.69) is 4.90 Å². The molecule has 3 rings (SSSR count). The Morgan fingerprint density at radius 2 is 2.00 bits per heavy atom. The standard InChI is InChI=1S/C19H28N2O4/c1-14-9-15(3-4-18(14)24-2)19(23)21-11-16(17(12-21)13-22)10-20-5-7-25-8-6-20/h3-4,9,16-17,22H,5-8,10-13H2,1-2H3/t16-,17-/m1/s1. The largest absolute Gasteiger partial charge is 0.496 e. The van der Waals surface area contributed by atoms with Gasteiger partial charge in [0.25, 0.3) is 5.91 Å². The Morgan fingerprint density at radius 1 is 1.28 bits per heavy atom. The van der Waals surface area contributed by atoms with Gasteiger partial charge in [-0.25, -0.2) is 0 Å². The van der Waals surface area contributed by atoms with Gasteiger partial charge in [0.05, 0.1) is 20.3 Å². The van der Waals surface area contributed by atoms with E-state index in [1.165, 1.54) is 0 Å². The van der Waals surface area contributed by atoms with Crippen molar-refractivity contribution in [2.75, 3.05) is 59.7 Å². The van der Waals surface area contributed by atoms with Crippen molar-refractivity contribution in [1.82, 2.24) is 9.80 Å². The van der Waals surface area contributed by atoms with Gasteiger partial charge in [-0.1, -0.05) is 0 Å². The second kappa shape index (κ2) is 8.17. The molecule has 1 N–H and O–H groups in total. The number of rotatable bonds is 5. The maximum absolute atomic E-state index is 12.9. The minimum absolute atomic E-state index is 0.0358. The van der Waals surface area contributed by atoms with E-state index in [4.69, 9.17) is 9.47 Å². The zero-order chi connectivity index (χ0) is 17.8. The van der Waals surface area contributed by atoms with Gasteiger partial charge < -0.3 is 19.5 Å². The van der Waals surface area contributed by atoms with Crippen LogP contribution in [-0.4, -0.2) is 80.5 Å². The van der Waals surface area contributed by atoms with Crippen molar-refractivity contribution in [1.29, 1.82) is 0 Å². The first-order valence-electron chi connectivity index (χ1n) is 8.97. The highest BCUT2D eigenvalue weighted by atomic mass is 16.5. The predicted octanol–water partition coefficient (Wildman–Crippen LogP) is 1.02. The molecule has 2 fully saturated rings. The lowest BCUT2D eigenvalue weighted by Crippen LogP contribution is -2.41. The minimum Gasteiger partial charge on any atom is -0.496 e. The lowest BCUT2D eigenvalue weighted by atomic mass is 9.96. The normalized spacial score (nSPS) is 24.5. The van der Waals surface area contributed by atoms with E-state index < -0.39 is 0 Å². The molecule has 2 aliphatic rings. The zero-order valence-electron chi connectivity index (χ0n) is 15.1. The number of carbonyl (C=O) groups is 1. The molecular weight excluding hydrogens is 320 g/mol. The summed E-state index contributed by atoms with van der Waals surface area (Å²) in [6.45, 7) is 7.70. The summed E-state index contributed by atoms with van der Waals surface area (Å²) in [5, 5.41) is 9.75. The summed E-state index contributed by atoms with van der Waals surface area (Å²) in [5.74, 6) is 1.28. The molecule has 2 atom stereocenters. The molecule has 2 aliphatic heterocycles. The lowest BCUT2D eigenvalue weighted by molar-refractivity contribution is 0.0264. The van der Waals surface area contributed by atoms with E-state index >= 15 is 0 Å². The fraction of sp³-hybridized carbons (Fsp3) is 0.632. The molecule has 0 spiro atoms. The van der Waals surface area contributed by atoms with Gasteiger partial charge in [-0.2, -0.15) is 0 Å². The van der Waals surface area contributed by atoms with Gasteiger partial charge in [0.1, 0.15) is 5.75 Å². The Kier molecular flexibility index (Phi) is 5.93. The van der Waals surface area contributed by atoms with Crippen LogP contribution in [0, 0.1) is 18.8 Å². The third-order valence-corrected chi connectivity index (χ3v) is 5.34. The average molecular weight is 348 g/mol. The van der Waals surface area contributed by atoms with Crippen molar-refractivity contribution >= 4 is 5.91 Å². The van der Waals surface area contributed by atoms with Crippen LogP contribution in [0.2, 0.25) is 0 Å². The van der Waals surface area contributed by atoms with E-state index in [0.29, 0.717) is 24.6 Å². The van der Waals surface area contributed by atoms with Gasteiger partial charge in [-0.15, -0.1) is 0 Å². The van der Waals surface area contributed by atoms with Gasteiger partial charge in [-0.3, -0.25) is 9.69 Å². The summed E-state index contributed by atoms with van der Waals surface area (Å²) in [5.41, 5.74) is 1.64. The fourth-order valence-electron chi connectivity index (χ4n) is 3.83. The number of carbonyl (C=O) groups excluding carboxylic acids is 1. The molecule has 2 saturated heterocycles. The second-order valence-electron chi connectivity index (χ2n) is 7.01. The third-order valence-electron chi connectivity index (χ3n) is 5.34. The molecule has 0 aromatic heterocycles. The predicted molar refractivity (Wildman–Crippen MR) is 95.0 cm³/mol.